The number of oxazole rings is 2. The minimum atomic E-state index is -0.673. The Morgan fingerprint density at radius 1 is 1.18 bits per heavy atom. The van der Waals surface area contributed by atoms with Gasteiger partial charge in [-0.2, -0.15) is 0 Å². The van der Waals surface area contributed by atoms with Crippen molar-refractivity contribution < 1.29 is 23.1 Å². The average Bonchev–Trinajstić information content (AvgIpc) is 3.17. The van der Waals surface area contributed by atoms with E-state index >= 15 is 0 Å². The van der Waals surface area contributed by atoms with E-state index in [1.807, 2.05) is 20.8 Å². The second-order valence-electron chi connectivity index (χ2n) is 8.10. The second-order valence-corrected chi connectivity index (χ2v) is 8.54. The first-order valence-corrected chi connectivity index (χ1v) is 9.09. The van der Waals surface area contributed by atoms with Crippen molar-refractivity contribution in [1.82, 2.24) is 15.3 Å². The summed E-state index contributed by atoms with van der Waals surface area (Å²) in [6.45, 7) is 11.2. The van der Waals surface area contributed by atoms with Gasteiger partial charge < -0.3 is 29.4 Å². The zero-order valence-electron chi connectivity index (χ0n) is 16.9. The molecule has 0 fully saturated rings. The summed E-state index contributed by atoms with van der Waals surface area (Å²) in [6, 6.07) is -0.673. The van der Waals surface area contributed by atoms with Crippen LogP contribution in [-0.2, 0) is 9.47 Å². The van der Waals surface area contributed by atoms with Crippen LogP contribution >= 0.6 is 12.2 Å². The number of carbonyl (C=O) groups is 1. The van der Waals surface area contributed by atoms with E-state index < -0.39 is 23.3 Å². The van der Waals surface area contributed by atoms with E-state index in [-0.39, 0.29) is 23.4 Å². The van der Waals surface area contributed by atoms with Crippen LogP contribution in [0.2, 0.25) is 0 Å². The van der Waals surface area contributed by atoms with Crippen LogP contribution in [-0.4, -0.2) is 38.9 Å². The summed E-state index contributed by atoms with van der Waals surface area (Å²) < 4.78 is 21.9. The highest BCUT2D eigenvalue weighted by Crippen LogP contribution is 2.23. The number of hydrogen-bond acceptors (Lipinski definition) is 8. The fourth-order valence-electron chi connectivity index (χ4n) is 2.01. The van der Waals surface area contributed by atoms with Crippen LogP contribution in [0.5, 0.6) is 0 Å². The third kappa shape index (κ3) is 6.61. The molecule has 154 valence electrons. The van der Waals surface area contributed by atoms with Gasteiger partial charge in [0.15, 0.2) is 5.69 Å². The van der Waals surface area contributed by atoms with Crippen molar-refractivity contribution in [3.63, 3.8) is 0 Å². The van der Waals surface area contributed by atoms with Gasteiger partial charge in [-0.25, -0.2) is 14.8 Å². The number of aromatic nitrogens is 2. The maximum Gasteiger partial charge on any atom is 0.408 e. The molecule has 2 heterocycles. The number of nitrogens with one attached hydrogen (secondary N) is 1. The Kier molecular flexibility index (Phi) is 6.45. The lowest BCUT2D eigenvalue weighted by Gasteiger charge is -2.25. The van der Waals surface area contributed by atoms with E-state index in [2.05, 4.69) is 15.3 Å². The second kappa shape index (κ2) is 8.27. The smallest absolute Gasteiger partial charge is 0.408 e. The average molecular weight is 410 g/mol. The van der Waals surface area contributed by atoms with Crippen LogP contribution in [0.25, 0.3) is 11.6 Å². The van der Waals surface area contributed by atoms with Gasteiger partial charge >= 0.3 is 6.09 Å². The van der Waals surface area contributed by atoms with E-state index in [1.54, 1.807) is 20.8 Å². The van der Waals surface area contributed by atoms with Crippen molar-refractivity contribution in [2.45, 2.75) is 58.8 Å². The Hall–Kier alpha value is -2.46. The van der Waals surface area contributed by atoms with Gasteiger partial charge in [0.25, 0.3) is 0 Å². The quantitative estimate of drug-likeness (QED) is 0.689. The molecule has 3 N–H and O–H groups in total. The summed E-state index contributed by atoms with van der Waals surface area (Å²) in [6.07, 6.45) is 2.10. The summed E-state index contributed by atoms with van der Waals surface area (Å²) in [7, 11) is 0. The predicted molar refractivity (Wildman–Crippen MR) is 106 cm³/mol. The molecule has 0 aliphatic heterocycles. The number of nitrogens with zero attached hydrogens (tertiary/aromatic N) is 2. The molecule has 0 spiro atoms. The topological polar surface area (TPSA) is 126 Å². The SMILES string of the molecule is CC(C)(C)OC[C@H](NC(=O)OC(C)(C)C)c1nc(-c2nc(C(N)=S)co2)co1. The van der Waals surface area contributed by atoms with Crippen LogP contribution in [0.15, 0.2) is 21.4 Å². The molecule has 0 radical (unpaired) electrons. The molecule has 0 bridgehead atoms. The summed E-state index contributed by atoms with van der Waals surface area (Å²) in [5.74, 6) is 0.422. The van der Waals surface area contributed by atoms with Gasteiger partial charge in [-0.3, -0.25) is 0 Å². The lowest BCUT2D eigenvalue weighted by molar-refractivity contribution is -0.0207. The lowest BCUT2D eigenvalue weighted by atomic mass is 10.2. The molecule has 0 aliphatic rings. The molecule has 1 atom stereocenters. The predicted octanol–water partition coefficient (Wildman–Crippen LogP) is 3.34. The number of thiocarbonyl (C=S) groups is 1. The molecule has 28 heavy (non-hydrogen) atoms. The Balaban J connectivity index is 2.20. The zero-order chi connectivity index (χ0) is 21.1. The number of nitrogens with two attached hydrogens (primary N) is 1. The molecule has 2 aromatic rings. The minimum absolute atomic E-state index is 0.113. The number of ether oxygens (including phenoxy) is 2. The fourth-order valence-corrected chi connectivity index (χ4v) is 2.10. The molecule has 0 aliphatic carbocycles. The van der Waals surface area contributed by atoms with Crippen LogP contribution in [0.1, 0.15) is 59.2 Å². The molecule has 10 heteroatoms. The van der Waals surface area contributed by atoms with Crippen molar-refractivity contribution in [3.8, 4) is 11.6 Å². The van der Waals surface area contributed by atoms with E-state index in [1.165, 1.54) is 12.5 Å². The Labute approximate surface area is 169 Å². The van der Waals surface area contributed by atoms with Gasteiger partial charge in [-0.05, 0) is 41.5 Å². The first-order valence-electron chi connectivity index (χ1n) is 8.68. The van der Waals surface area contributed by atoms with Crippen molar-refractivity contribution in [2.75, 3.05) is 6.61 Å². The van der Waals surface area contributed by atoms with Crippen molar-refractivity contribution in [3.05, 3.63) is 24.1 Å². The molecule has 0 aromatic carbocycles. The van der Waals surface area contributed by atoms with Gasteiger partial charge in [0.2, 0.25) is 11.8 Å². The zero-order valence-corrected chi connectivity index (χ0v) is 17.7. The first-order chi connectivity index (χ1) is 12.8. The van der Waals surface area contributed by atoms with Crippen LogP contribution < -0.4 is 11.1 Å². The van der Waals surface area contributed by atoms with E-state index in [0.29, 0.717) is 11.4 Å². The van der Waals surface area contributed by atoms with Crippen molar-refractivity contribution in [1.29, 1.82) is 0 Å². The summed E-state index contributed by atoms with van der Waals surface area (Å²) in [5.41, 5.74) is 5.15. The van der Waals surface area contributed by atoms with Crippen LogP contribution in [0.4, 0.5) is 4.79 Å². The Morgan fingerprint density at radius 2 is 1.86 bits per heavy atom. The molecule has 0 saturated carbocycles. The molecule has 0 unspecified atom stereocenters. The van der Waals surface area contributed by atoms with Gasteiger partial charge in [0.05, 0.1) is 12.2 Å². The highest BCUT2D eigenvalue weighted by atomic mass is 32.1. The molecule has 2 aromatic heterocycles. The maximum atomic E-state index is 12.2. The van der Waals surface area contributed by atoms with Crippen molar-refractivity contribution in [2.24, 2.45) is 5.73 Å². The van der Waals surface area contributed by atoms with E-state index in [9.17, 15) is 4.79 Å². The summed E-state index contributed by atoms with van der Waals surface area (Å²) >= 11 is 4.87. The molecular weight excluding hydrogens is 384 g/mol. The monoisotopic (exact) mass is 410 g/mol. The standard InChI is InChI=1S/C18H26N4O5S/c1-17(2,3)26-9-12(22-16(23)27-18(4,5)6)15-21-11(8-25-15)14-20-10(7-24-14)13(19)28/h7-8,12H,9H2,1-6H3,(H2,19,28)(H,22,23)/t12-/m0/s1. The van der Waals surface area contributed by atoms with Gasteiger partial charge in [0.1, 0.15) is 34.9 Å². The summed E-state index contributed by atoms with van der Waals surface area (Å²) in [5, 5.41) is 2.72. The first kappa shape index (κ1) is 21.8. The van der Waals surface area contributed by atoms with Gasteiger partial charge in [-0.1, -0.05) is 12.2 Å². The van der Waals surface area contributed by atoms with Crippen molar-refractivity contribution >= 4 is 23.3 Å². The number of carbonyl (C=O) groups excluding carboxylic acids is 1. The fraction of sp³-hybridized carbons (Fsp3) is 0.556. The Morgan fingerprint density at radius 3 is 2.39 bits per heavy atom. The third-order valence-electron chi connectivity index (χ3n) is 3.17. The highest BCUT2D eigenvalue weighted by Gasteiger charge is 2.27. The summed E-state index contributed by atoms with van der Waals surface area (Å²) in [4.78, 5) is 20.8. The largest absolute Gasteiger partial charge is 0.446 e. The molecule has 0 saturated heterocycles. The molecule has 2 rings (SSSR count). The lowest BCUT2D eigenvalue weighted by Crippen LogP contribution is -2.38. The number of hydrogen-bond donors (Lipinski definition) is 2. The molecule has 1 amide bonds. The third-order valence-corrected chi connectivity index (χ3v) is 3.38. The van der Waals surface area contributed by atoms with Gasteiger partial charge in [-0.15, -0.1) is 0 Å². The number of alkyl carbamates (subject to hydrolysis) is 1. The molecular formula is C18H26N4O5S. The molecule has 9 nitrogen and oxygen atoms in total. The van der Waals surface area contributed by atoms with Crippen LogP contribution in [0, 0.1) is 0 Å². The highest BCUT2D eigenvalue weighted by molar-refractivity contribution is 7.80. The normalized spacial score (nSPS) is 13.2. The van der Waals surface area contributed by atoms with E-state index in [0.717, 1.165) is 0 Å². The van der Waals surface area contributed by atoms with Crippen LogP contribution in [0.3, 0.4) is 0 Å². The maximum absolute atomic E-state index is 12.2. The van der Waals surface area contributed by atoms with Gasteiger partial charge in [0, 0.05) is 0 Å². The minimum Gasteiger partial charge on any atom is -0.446 e. The van der Waals surface area contributed by atoms with E-state index in [4.69, 9.17) is 36.3 Å². The number of amides is 1. The Bertz CT molecular complexity index is 832. The number of rotatable bonds is 6.